The topological polar surface area (TPSA) is 111 Å². The van der Waals surface area contributed by atoms with Crippen LogP contribution in [0.3, 0.4) is 0 Å². The van der Waals surface area contributed by atoms with Gasteiger partial charge in [0.25, 0.3) is 11.8 Å². The van der Waals surface area contributed by atoms with Crippen LogP contribution in [0.1, 0.15) is 26.5 Å². The largest absolute Gasteiger partial charge is 0.459 e. The van der Waals surface area contributed by atoms with E-state index in [9.17, 15) is 22.8 Å². The smallest absolute Gasteiger partial charge is 0.416 e. The first-order valence-corrected chi connectivity index (χ1v) is 10.7. The first-order chi connectivity index (χ1) is 17.7. The molecule has 0 atom stereocenters. The summed E-state index contributed by atoms with van der Waals surface area (Å²) in [6.45, 7) is 0. The van der Waals surface area contributed by atoms with Crippen molar-refractivity contribution in [3.05, 3.63) is 102 Å². The third-order valence-corrected chi connectivity index (χ3v) is 5.07. The Bertz CT molecular complexity index is 1580. The second-order valence-corrected chi connectivity index (χ2v) is 7.69. The number of nitrogens with one attached hydrogen (secondary N) is 2. The van der Waals surface area contributed by atoms with Crippen LogP contribution >= 0.6 is 0 Å². The minimum Gasteiger partial charge on any atom is -0.459 e. The Morgan fingerprint density at radius 2 is 1.73 bits per heavy atom. The van der Waals surface area contributed by atoms with Crippen molar-refractivity contribution in [3.8, 4) is 11.6 Å². The number of carbonyl (C=O) groups is 2. The van der Waals surface area contributed by atoms with Gasteiger partial charge in [0, 0.05) is 23.4 Å². The van der Waals surface area contributed by atoms with Gasteiger partial charge in [-0.3, -0.25) is 9.59 Å². The summed E-state index contributed by atoms with van der Waals surface area (Å²) in [5.74, 6) is -0.106. The second-order valence-electron chi connectivity index (χ2n) is 7.69. The number of anilines is 2. The predicted molar refractivity (Wildman–Crippen MR) is 126 cm³/mol. The third kappa shape index (κ3) is 5.42. The summed E-state index contributed by atoms with van der Waals surface area (Å²) in [5, 5.41) is 9.53. The summed E-state index contributed by atoms with van der Waals surface area (Å²) in [7, 11) is 0. The Labute approximate surface area is 206 Å². The van der Waals surface area contributed by atoms with Crippen LogP contribution in [0.5, 0.6) is 11.6 Å². The summed E-state index contributed by atoms with van der Waals surface area (Å²) in [6, 6.07) is 16.8. The molecule has 0 bridgehead atoms. The van der Waals surface area contributed by atoms with Crippen LogP contribution in [0.2, 0.25) is 0 Å². The molecule has 0 spiro atoms. The van der Waals surface area contributed by atoms with Crippen molar-refractivity contribution in [3.63, 3.8) is 0 Å². The van der Waals surface area contributed by atoms with Gasteiger partial charge in [-0.25, -0.2) is 9.50 Å². The number of nitrogens with zero attached hydrogens (tertiary/aromatic N) is 3. The molecule has 0 radical (unpaired) electrons. The molecule has 0 aliphatic carbocycles. The number of aromatic nitrogens is 3. The molecule has 3 heterocycles. The zero-order valence-electron chi connectivity index (χ0n) is 18.7. The number of alkyl halides is 3. The highest BCUT2D eigenvalue weighted by Gasteiger charge is 2.30. The number of halogens is 3. The fraction of sp³-hybridized carbons (Fsp3) is 0.0400. The molecule has 37 heavy (non-hydrogen) atoms. The van der Waals surface area contributed by atoms with E-state index in [0.717, 1.165) is 24.3 Å². The van der Waals surface area contributed by atoms with E-state index < -0.39 is 23.6 Å². The number of ether oxygens (including phenoxy) is 1. The third-order valence-electron chi connectivity index (χ3n) is 5.07. The zero-order chi connectivity index (χ0) is 26.0. The average Bonchev–Trinajstić information content (AvgIpc) is 3.54. The molecule has 0 aliphatic heterocycles. The van der Waals surface area contributed by atoms with Crippen molar-refractivity contribution in [2.24, 2.45) is 0 Å². The first kappa shape index (κ1) is 23.6. The maximum Gasteiger partial charge on any atom is 0.416 e. The molecule has 5 rings (SSSR count). The first-order valence-electron chi connectivity index (χ1n) is 10.7. The minimum absolute atomic E-state index is 0.0426. The van der Waals surface area contributed by atoms with Gasteiger partial charge in [-0.15, -0.1) is 5.10 Å². The van der Waals surface area contributed by atoms with E-state index in [2.05, 4.69) is 20.7 Å². The quantitative estimate of drug-likeness (QED) is 0.308. The highest BCUT2D eigenvalue weighted by molar-refractivity contribution is 6.04. The van der Waals surface area contributed by atoms with Gasteiger partial charge in [0.1, 0.15) is 5.75 Å². The summed E-state index contributed by atoms with van der Waals surface area (Å²) < 4.78 is 50.4. The molecular weight excluding hydrogens is 491 g/mol. The van der Waals surface area contributed by atoms with Gasteiger partial charge in [-0.05, 0) is 54.6 Å². The molecule has 0 saturated carbocycles. The Kier molecular flexibility index (Phi) is 6.05. The molecule has 0 saturated heterocycles. The molecule has 2 N–H and O–H groups in total. The molecular formula is C25H16F3N5O4. The van der Waals surface area contributed by atoms with E-state index in [1.165, 1.54) is 17.0 Å². The number of hydrogen-bond donors (Lipinski definition) is 2. The monoisotopic (exact) mass is 507 g/mol. The van der Waals surface area contributed by atoms with Crippen molar-refractivity contribution in [2.75, 3.05) is 10.6 Å². The maximum atomic E-state index is 12.7. The minimum atomic E-state index is -4.49. The molecule has 12 heteroatoms. The molecule has 186 valence electrons. The Morgan fingerprint density at radius 1 is 0.919 bits per heavy atom. The fourth-order valence-corrected chi connectivity index (χ4v) is 3.34. The van der Waals surface area contributed by atoms with E-state index in [1.54, 1.807) is 48.5 Å². The molecule has 2 aromatic carbocycles. The molecule has 0 aliphatic rings. The second kappa shape index (κ2) is 9.49. The summed E-state index contributed by atoms with van der Waals surface area (Å²) in [6.07, 6.45) is -1.65. The lowest BCUT2D eigenvalue weighted by Crippen LogP contribution is -2.13. The number of furan rings is 1. The standard InChI is InChI=1S/C25H16F3N5O4/c26-25(27,28)16-8-6-15(7-9-16)23(34)31-20-14-33-21(30-20)10-11-22(32-33)37-18-4-1-3-17(13-18)29-24(35)19-5-2-12-36-19/h1-14H,(H,29,35)(H,31,34). The number of fused-ring (bicyclic) bond motifs is 1. The van der Waals surface area contributed by atoms with Crippen molar-refractivity contribution in [1.29, 1.82) is 0 Å². The Morgan fingerprint density at radius 3 is 2.46 bits per heavy atom. The van der Waals surface area contributed by atoms with E-state index >= 15 is 0 Å². The van der Waals surface area contributed by atoms with Crippen molar-refractivity contribution in [2.45, 2.75) is 6.18 Å². The normalized spacial score (nSPS) is 11.3. The van der Waals surface area contributed by atoms with E-state index in [-0.39, 0.29) is 23.0 Å². The fourth-order valence-electron chi connectivity index (χ4n) is 3.34. The highest BCUT2D eigenvalue weighted by Crippen LogP contribution is 2.29. The molecule has 9 nitrogen and oxygen atoms in total. The molecule has 2 amide bonds. The molecule has 0 unspecified atom stereocenters. The lowest BCUT2D eigenvalue weighted by atomic mass is 10.1. The average molecular weight is 507 g/mol. The molecule has 5 aromatic rings. The van der Waals surface area contributed by atoms with Gasteiger partial charge < -0.3 is 19.8 Å². The van der Waals surface area contributed by atoms with Gasteiger partial charge in [-0.2, -0.15) is 13.2 Å². The van der Waals surface area contributed by atoms with Crippen LogP contribution in [0.25, 0.3) is 5.65 Å². The highest BCUT2D eigenvalue weighted by atomic mass is 19.4. The molecule has 0 fully saturated rings. The van der Waals surface area contributed by atoms with E-state index in [1.807, 2.05) is 0 Å². The van der Waals surface area contributed by atoms with Gasteiger partial charge in [0.2, 0.25) is 5.88 Å². The van der Waals surface area contributed by atoms with Gasteiger partial charge >= 0.3 is 6.18 Å². The Hall–Kier alpha value is -5.13. The SMILES string of the molecule is O=C(Nc1cn2nc(Oc3cccc(NC(=O)c4ccco4)c3)ccc2n1)c1ccc(C(F)(F)F)cc1. The van der Waals surface area contributed by atoms with E-state index in [0.29, 0.717) is 17.1 Å². The lowest BCUT2D eigenvalue weighted by molar-refractivity contribution is -0.137. The van der Waals surface area contributed by atoms with Crippen molar-refractivity contribution in [1.82, 2.24) is 14.6 Å². The Balaban J connectivity index is 1.27. The van der Waals surface area contributed by atoms with Gasteiger partial charge in [0.15, 0.2) is 17.2 Å². The van der Waals surface area contributed by atoms with Gasteiger partial charge in [-0.1, -0.05) is 6.07 Å². The van der Waals surface area contributed by atoms with Crippen LogP contribution in [-0.2, 0) is 6.18 Å². The number of amides is 2. The predicted octanol–water partition coefficient (Wildman–Crippen LogP) is 5.64. The van der Waals surface area contributed by atoms with Crippen LogP contribution in [0.4, 0.5) is 24.7 Å². The summed E-state index contributed by atoms with van der Waals surface area (Å²) in [5.41, 5.74) is 0.0745. The number of hydrogen-bond acceptors (Lipinski definition) is 6. The maximum absolute atomic E-state index is 12.7. The van der Waals surface area contributed by atoms with Crippen LogP contribution in [0.15, 0.2) is 89.7 Å². The zero-order valence-corrected chi connectivity index (χ0v) is 18.7. The van der Waals surface area contributed by atoms with Gasteiger partial charge in [0.05, 0.1) is 18.0 Å². The number of rotatable bonds is 6. The number of benzene rings is 2. The number of imidazole rings is 1. The lowest BCUT2D eigenvalue weighted by Gasteiger charge is -2.08. The van der Waals surface area contributed by atoms with Crippen molar-refractivity contribution >= 4 is 29.0 Å². The van der Waals surface area contributed by atoms with Crippen LogP contribution in [-0.4, -0.2) is 26.4 Å². The number of carbonyl (C=O) groups excluding carboxylic acids is 2. The van der Waals surface area contributed by atoms with Crippen LogP contribution in [0, 0.1) is 0 Å². The van der Waals surface area contributed by atoms with Crippen molar-refractivity contribution < 1.29 is 31.9 Å². The molecule has 3 aromatic heterocycles. The van der Waals surface area contributed by atoms with Crippen LogP contribution < -0.4 is 15.4 Å². The van der Waals surface area contributed by atoms with E-state index in [4.69, 9.17) is 9.15 Å². The summed E-state index contributed by atoms with van der Waals surface area (Å²) in [4.78, 5) is 28.8. The summed E-state index contributed by atoms with van der Waals surface area (Å²) >= 11 is 0.